The molecule has 2 aromatic carbocycles. The largest absolute Gasteiger partial charge is 0.427 e. The second-order valence-corrected chi connectivity index (χ2v) is 7.21. The fraction of sp³-hybridized carbons (Fsp3) is 0.0435. The van der Waals surface area contributed by atoms with Gasteiger partial charge in [-0.25, -0.2) is 9.78 Å². The number of nitrogens with zero attached hydrogens (tertiary/aromatic N) is 2. The van der Waals surface area contributed by atoms with Crippen molar-refractivity contribution in [3.05, 3.63) is 81.0 Å². The highest BCUT2D eigenvalue weighted by molar-refractivity contribution is 7.11. The third-order valence-corrected chi connectivity index (χ3v) is 5.10. The van der Waals surface area contributed by atoms with Crippen molar-refractivity contribution in [1.82, 2.24) is 4.98 Å². The monoisotopic (exact) mass is 414 g/mol. The van der Waals surface area contributed by atoms with Crippen LogP contribution in [0.2, 0.25) is 0 Å². The highest BCUT2D eigenvalue weighted by Crippen LogP contribution is 2.27. The lowest BCUT2D eigenvalue weighted by Gasteiger charge is -2.01. The molecule has 0 unspecified atom stereocenters. The molecule has 2 aromatic heterocycles. The van der Waals surface area contributed by atoms with Gasteiger partial charge >= 0.3 is 11.6 Å². The summed E-state index contributed by atoms with van der Waals surface area (Å²) in [5.74, 6) is 0.0298. The predicted octanol–water partition coefficient (Wildman–Crippen LogP) is 4.91. The van der Waals surface area contributed by atoms with Gasteiger partial charge in [0.05, 0.1) is 16.8 Å². The average Bonchev–Trinajstić information content (AvgIpc) is 3.22. The lowest BCUT2D eigenvalue weighted by atomic mass is 10.1. The second-order valence-electron chi connectivity index (χ2n) is 6.36. The highest BCUT2D eigenvalue weighted by Gasteiger charge is 2.14. The molecule has 0 atom stereocenters. The number of thiazole rings is 1. The topological polar surface area (TPSA) is 93.2 Å². The van der Waals surface area contributed by atoms with E-state index in [1.165, 1.54) is 18.3 Å². The predicted molar refractivity (Wildman–Crippen MR) is 115 cm³/mol. The Bertz CT molecular complexity index is 1370. The van der Waals surface area contributed by atoms with Crippen molar-refractivity contribution in [3.8, 4) is 23.1 Å². The first-order chi connectivity index (χ1) is 14.5. The number of carbonyl (C=O) groups excluding carboxylic acids is 1. The smallest absolute Gasteiger partial charge is 0.345 e. The van der Waals surface area contributed by atoms with Gasteiger partial charge in [0.15, 0.2) is 0 Å². The molecular formula is C23H14N2O4S. The number of hydrogen-bond acceptors (Lipinski definition) is 7. The van der Waals surface area contributed by atoms with Crippen LogP contribution in [0.1, 0.15) is 17.5 Å². The molecule has 0 bridgehead atoms. The molecule has 0 radical (unpaired) electrons. The quantitative estimate of drug-likeness (QED) is 0.204. The van der Waals surface area contributed by atoms with Crippen LogP contribution >= 0.6 is 11.3 Å². The van der Waals surface area contributed by atoms with E-state index in [1.807, 2.05) is 12.1 Å². The van der Waals surface area contributed by atoms with Crippen LogP contribution in [0.15, 0.2) is 69.2 Å². The molecule has 0 aliphatic carbocycles. The van der Waals surface area contributed by atoms with Crippen molar-refractivity contribution >= 4 is 39.9 Å². The zero-order valence-electron chi connectivity index (χ0n) is 15.8. The van der Waals surface area contributed by atoms with E-state index in [9.17, 15) is 14.9 Å². The summed E-state index contributed by atoms with van der Waals surface area (Å²) in [7, 11) is 0. The lowest BCUT2D eigenvalue weighted by molar-refractivity contribution is -0.131. The summed E-state index contributed by atoms with van der Waals surface area (Å²) in [6.07, 6.45) is 1.68. The summed E-state index contributed by atoms with van der Waals surface area (Å²) in [6, 6.07) is 17.9. The molecule has 2 heterocycles. The molecule has 0 fully saturated rings. The Morgan fingerprint density at radius 3 is 2.70 bits per heavy atom. The van der Waals surface area contributed by atoms with Crippen molar-refractivity contribution in [3.63, 3.8) is 0 Å². The van der Waals surface area contributed by atoms with E-state index in [-0.39, 0.29) is 0 Å². The fourth-order valence-electron chi connectivity index (χ4n) is 2.87. The number of aromatic nitrogens is 1. The minimum absolute atomic E-state index is 0.347. The minimum atomic E-state index is -0.478. The number of esters is 1. The van der Waals surface area contributed by atoms with Crippen LogP contribution in [0, 0.1) is 11.3 Å². The van der Waals surface area contributed by atoms with Crippen molar-refractivity contribution in [1.29, 1.82) is 5.26 Å². The Balaban J connectivity index is 1.66. The van der Waals surface area contributed by atoms with E-state index in [1.54, 1.807) is 53.9 Å². The molecular weight excluding hydrogens is 400 g/mol. The molecule has 7 heteroatoms. The zero-order valence-corrected chi connectivity index (χ0v) is 16.6. The summed E-state index contributed by atoms with van der Waals surface area (Å²) >= 11 is 1.27. The average molecular weight is 414 g/mol. The SMILES string of the molecule is CC(=O)Oc1ccc(/C=C(\C#N)c2nc(-c3cc4ccccc4oc3=O)cs2)cc1. The molecule has 0 aliphatic rings. The lowest BCUT2D eigenvalue weighted by Crippen LogP contribution is -2.02. The molecule has 0 spiro atoms. The van der Waals surface area contributed by atoms with Crippen LogP contribution in [0.3, 0.4) is 0 Å². The summed E-state index contributed by atoms with van der Waals surface area (Å²) in [5, 5.41) is 12.6. The van der Waals surface area contributed by atoms with Gasteiger partial charge < -0.3 is 9.15 Å². The van der Waals surface area contributed by atoms with Crippen LogP contribution in [-0.4, -0.2) is 11.0 Å². The van der Waals surface area contributed by atoms with E-state index in [0.717, 1.165) is 10.9 Å². The summed E-state index contributed by atoms with van der Waals surface area (Å²) in [4.78, 5) is 27.8. The van der Waals surface area contributed by atoms with Gasteiger partial charge in [0.1, 0.15) is 22.4 Å². The maximum Gasteiger partial charge on any atom is 0.345 e. The summed E-state index contributed by atoms with van der Waals surface area (Å²) < 4.78 is 10.4. The number of para-hydroxylation sites is 1. The Kier molecular flexibility index (Phi) is 5.24. The van der Waals surface area contributed by atoms with Gasteiger partial charge in [-0.2, -0.15) is 5.26 Å². The molecule has 0 saturated carbocycles. The molecule has 0 saturated heterocycles. The zero-order chi connectivity index (χ0) is 21.1. The van der Waals surface area contributed by atoms with Crippen molar-refractivity contribution in [2.75, 3.05) is 0 Å². The standard InChI is InChI=1S/C23H14N2O4S/c1-14(26)28-18-8-6-15(7-9-18)10-17(12-24)22-25-20(13-30-22)19-11-16-4-2-3-5-21(16)29-23(19)27/h2-11,13H,1H3/b17-10+. The first kappa shape index (κ1) is 19.3. The van der Waals surface area contributed by atoms with Crippen LogP contribution in [0.5, 0.6) is 5.75 Å². The van der Waals surface area contributed by atoms with Crippen LogP contribution in [0.4, 0.5) is 0 Å². The maximum absolute atomic E-state index is 12.4. The van der Waals surface area contributed by atoms with Gasteiger partial charge in [-0.1, -0.05) is 30.3 Å². The molecule has 0 aliphatic heterocycles. The number of fused-ring (bicyclic) bond motifs is 1. The van der Waals surface area contributed by atoms with Crippen LogP contribution in [-0.2, 0) is 4.79 Å². The van der Waals surface area contributed by atoms with Gasteiger partial charge in [0.2, 0.25) is 0 Å². The van der Waals surface area contributed by atoms with Crippen molar-refractivity contribution in [2.45, 2.75) is 6.92 Å². The summed E-state index contributed by atoms with van der Waals surface area (Å²) in [6.45, 7) is 1.33. The molecule has 6 nitrogen and oxygen atoms in total. The third kappa shape index (κ3) is 4.04. The molecule has 4 rings (SSSR count). The number of hydrogen-bond donors (Lipinski definition) is 0. The highest BCUT2D eigenvalue weighted by atomic mass is 32.1. The number of rotatable bonds is 4. The van der Waals surface area contributed by atoms with Crippen molar-refractivity contribution < 1.29 is 13.9 Å². The first-order valence-electron chi connectivity index (χ1n) is 8.93. The van der Waals surface area contributed by atoms with Crippen LogP contribution in [0.25, 0.3) is 33.9 Å². The fourth-order valence-corrected chi connectivity index (χ4v) is 3.65. The van der Waals surface area contributed by atoms with Crippen molar-refractivity contribution in [2.24, 2.45) is 0 Å². The van der Waals surface area contributed by atoms with E-state index in [4.69, 9.17) is 9.15 Å². The Hall–Kier alpha value is -4.02. The maximum atomic E-state index is 12.4. The third-order valence-electron chi connectivity index (χ3n) is 4.23. The molecule has 4 aromatic rings. The normalized spacial score (nSPS) is 11.3. The number of ether oxygens (including phenoxy) is 1. The number of carbonyl (C=O) groups is 1. The Morgan fingerprint density at radius 2 is 1.97 bits per heavy atom. The van der Waals surface area contributed by atoms with Gasteiger partial charge in [-0.05, 0) is 35.9 Å². The van der Waals surface area contributed by atoms with E-state index in [0.29, 0.717) is 33.2 Å². The summed E-state index contributed by atoms with van der Waals surface area (Å²) in [5.41, 5.74) is 1.95. The minimum Gasteiger partial charge on any atom is -0.427 e. The Labute approximate surface area is 175 Å². The molecule has 0 N–H and O–H groups in total. The molecule has 0 amide bonds. The molecule has 30 heavy (non-hydrogen) atoms. The van der Waals surface area contributed by atoms with Gasteiger partial charge in [-0.3, -0.25) is 4.79 Å². The van der Waals surface area contributed by atoms with E-state index < -0.39 is 11.6 Å². The number of allylic oxidation sites excluding steroid dienone is 1. The van der Waals surface area contributed by atoms with Gasteiger partial charge in [0.25, 0.3) is 0 Å². The van der Waals surface area contributed by atoms with Gasteiger partial charge in [-0.15, -0.1) is 11.3 Å². The Morgan fingerprint density at radius 1 is 1.20 bits per heavy atom. The van der Waals surface area contributed by atoms with Crippen LogP contribution < -0.4 is 10.4 Å². The molecule has 146 valence electrons. The van der Waals surface area contributed by atoms with E-state index >= 15 is 0 Å². The van der Waals surface area contributed by atoms with E-state index in [2.05, 4.69) is 11.1 Å². The number of nitriles is 1. The van der Waals surface area contributed by atoms with Gasteiger partial charge in [0, 0.05) is 17.7 Å². The second kappa shape index (κ2) is 8.15. The number of benzene rings is 2. The first-order valence-corrected chi connectivity index (χ1v) is 9.81.